The van der Waals surface area contributed by atoms with E-state index >= 15 is 0 Å². The second-order valence-electron chi connectivity index (χ2n) is 4.28. The van der Waals surface area contributed by atoms with Gasteiger partial charge in [-0.3, -0.25) is 4.79 Å². The van der Waals surface area contributed by atoms with E-state index in [1.54, 1.807) is 24.3 Å². The minimum Gasteiger partial charge on any atom is -0.375 e. The van der Waals surface area contributed by atoms with Gasteiger partial charge in [-0.15, -0.1) is 0 Å². The highest BCUT2D eigenvalue weighted by molar-refractivity contribution is 5.94. The Balaban J connectivity index is 2.03. The number of nitrogens with one attached hydrogen (secondary N) is 2. The molecular weight excluding hydrogens is 295 g/mol. The molecule has 2 N–H and O–H groups in total. The summed E-state index contributed by atoms with van der Waals surface area (Å²) in [6, 6.07) is 10.1. The molecule has 0 aliphatic rings. The third-order valence-corrected chi connectivity index (χ3v) is 2.80. The summed E-state index contributed by atoms with van der Waals surface area (Å²) in [4.78, 5) is 11.7. The summed E-state index contributed by atoms with van der Waals surface area (Å²) in [5, 5.41) is 13.7. The standard InChI is InChI=1S/C15H10F3N3O/c16-10-5-6-12(15(18)14(10)17)21-13(22)8-20-11-4-2-1-3-9(11)7-19/h1-6,20H,8H2,(H,21,22). The topological polar surface area (TPSA) is 64.9 Å². The van der Waals surface area contributed by atoms with Crippen molar-refractivity contribution in [2.75, 3.05) is 17.2 Å². The molecule has 0 unspecified atom stereocenters. The van der Waals surface area contributed by atoms with Crippen LogP contribution in [0.3, 0.4) is 0 Å². The van der Waals surface area contributed by atoms with Gasteiger partial charge in [-0.1, -0.05) is 12.1 Å². The van der Waals surface area contributed by atoms with Crippen molar-refractivity contribution in [2.45, 2.75) is 0 Å². The lowest BCUT2D eigenvalue weighted by molar-refractivity contribution is -0.114. The average molecular weight is 305 g/mol. The molecule has 0 atom stereocenters. The molecule has 7 heteroatoms. The summed E-state index contributed by atoms with van der Waals surface area (Å²) in [7, 11) is 0. The highest BCUT2D eigenvalue weighted by Gasteiger charge is 2.15. The van der Waals surface area contributed by atoms with Crippen molar-refractivity contribution in [1.29, 1.82) is 5.26 Å². The number of benzene rings is 2. The van der Waals surface area contributed by atoms with Crippen LogP contribution < -0.4 is 10.6 Å². The Morgan fingerprint density at radius 1 is 1.05 bits per heavy atom. The third kappa shape index (κ3) is 3.35. The molecule has 2 aromatic rings. The average Bonchev–Trinajstić information content (AvgIpc) is 2.53. The first-order chi connectivity index (χ1) is 10.5. The van der Waals surface area contributed by atoms with Crippen LogP contribution in [0.2, 0.25) is 0 Å². The Bertz CT molecular complexity index is 756. The minimum atomic E-state index is -1.65. The van der Waals surface area contributed by atoms with Gasteiger partial charge in [-0.05, 0) is 24.3 Å². The predicted octanol–water partition coefficient (Wildman–Crippen LogP) is 3.03. The predicted molar refractivity (Wildman–Crippen MR) is 74.6 cm³/mol. The summed E-state index contributed by atoms with van der Waals surface area (Å²) < 4.78 is 39.2. The van der Waals surface area contributed by atoms with Crippen molar-refractivity contribution in [1.82, 2.24) is 0 Å². The first-order valence-electron chi connectivity index (χ1n) is 6.19. The van der Waals surface area contributed by atoms with Crippen molar-refractivity contribution in [3.8, 4) is 6.07 Å². The molecule has 0 spiro atoms. The Labute approximate surface area is 124 Å². The van der Waals surface area contributed by atoms with Crippen molar-refractivity contribution in [3.63, 3.8) is 0 Å². The molecule has 0 aromatic heterocycles. The van der Waals surface area contributed by atoms with Crippen molar-refractivity contribution in [3.05, 3.63) is 59.4 Å². The second-order valence-corrected chi connectivity index (χ2v) is 4.28. The number of nitriles is 1. The molecule has 0 fully saturated rings. The van der Waals surface area contributed by atoms with E-state index in [4.69, 9.17) is 5.26 Å². The molecule has 2 aromatic carbocycles. The van der Waals surface area contributed by atoms with Gasteiger partial charge in [0.25, 0.3) is 0 Å². The Kier molecular flexibility index (Phi) is 4.63. The quantitative estimate of drug-likeness (QED) is 0.853. The van der Waals surface area contributed by atoms with Crippen LogP contribution in [-0.2, 0) is 4.79 Å². The number of carbonyl (C=O) groups is 1. The minimum absolute atomic E-state index is 0.267. The van der Waals surface area contributed by atoms with Gasteiger partial charge < -0.3 is 10.6 Å². The van der Waals surface area contributed by atoms with Crippen LogP contribution in [0, 0.1) is 28.8 Å². The van der Waals surface area contributed by atoms with Crippen LogP contribution >= 0.6 is 0 Å². The van der Waals surface area contributed by atoms with Gasteiger partial charge in [-0.25, -0.2) is 13.2 Å². The number of halogens is 3. The fourth-order valence-corrected chi connectivity index (χ4v) is 1.73. The monoisotopic (exact) mass is 305 g/mol. The van der Waals surface area contributed by atoms with E-state index < -0.39 is 29.0 Å². The van der Waals surface area contributed by atoms with E-state index in [1.807, 2.05) is 6.07 Å². The second kappa shape index (κ2) is 6.63. The van der Waals surface area contributed by atoms with Gasteiger partial charge in [0, 0.05) is 0 Å². The van der Waals surface area contributed by atoms with E-state index in [2.05, 4.69) is 10.6 Å². The molecule has 22 heavy (non-hydrogen) atoms. The number of hydrogen-bond acceptors (Lipinski definition) is 3. The lowest BCUT2D eigenvalue weighted by Gasteiger charge is -2.10. The molecule has 0 saturated heterocycles. The van der Waals surface area contributed by atoms with E-state index in [0.717, 1.165) is 6.07 Å². The molecule has 0 saturated carbocycles. The van der Waals surface area contributed by atoms with Crippen LogP contribution in [0.5, 0.6) is 0 Å². The Morgan fingerprint density at radius 2 is 1.77 bits per heavy atom. The maximum absolute atomic E-state index is 13.4. The zero-order valence-corrected chi connectivity index (χ0v) is 11.2. The molecule has 0 bridgehead atoms. The molecule has 0 aliphatic carbocycles. The number of para-hydroxylation sites is 1. The summed E-state index contributed by atoms with van der Waals surface area (Å²) in [6.07, 6.45) is 0. The molecule has 0 heterocycles. The van der Waals surface area contributed by atoms with Gasteiger partial charge >= 0.3 is 0 Å². The van der Waals surface area contributed by atoms with Gasteiger partial charge in [-0.2, -0.15) is 5.26 Å². The molecule has 112 valence electrons. The number of rotatable bonds is 4. The number of amides is 1. The zero-order valence-electron chi connectivity index (χ0n) is 11.2. The van der Waals surface area contributed by atoms with Crippen LogP contribution in [0.4, 0.5) is 24.5 Å². The molecule has 4 nitrogen and oxygen atoms in total. The lowest BCUT2D eigenvalue weighted by Crippen LogP contribution is -2.23. The van der Waals surface area contributed by atoms with Gasteiger partial charge in [0.15, 0.2) is 17.5 Å². The smallest absolute Gasteiger partial charge is 0.243 e. The normalized spacial score (nSPS) is 9.91. The maximum atomic E-state index is 13.4. The summed E-state index contributed by atoms with van der Waals surface area (Å²) >= 11 is 0. The summed E-state index contributed by atoms with van der Waals surface area (Å²) in [6.45, 7) is -0.267. The van der Waals surface area contributed by atoms with Crippen LogP contribution in [0.1, 0.15) is 5.56 Å². The SMILES string of the molecule is N#Cc1ccccc1NCC(=O)Nc1ccc(F)c(F)c1F. The highest BCUT2D eigenvalue weighted by atomic mass is 19.2. The third-order valence-electron chi connectivity index (χ3n) is 2.80. The van der Waals surface area contributed by atoms with Crippen molar-refractivity contribution >= 4 is 17.3 Å². The fraction of sp³-hybridized carbons (Fsp3) is 0.0667. The van der Waals surface area contributed by atoms with E-state index in [-0.39, 0.29) is 6.54 Å². The van der Waals surface area contributed by atoms with Crippen molar-refractivity contribution in [2.24, 2.45) is 0 Å². The van der Waals surface area contributed by atoms with Gasteiger partial charge in [0.05, 0.1) is 23.5 Å². The highest BCUT2D eigenvalue weighted by Crippen LogP contribution is 2.19. The zero-order chi connectivity index (χ0) is 16.1. The number of anilines is 2. The van der Waals surface area contributed by atoms with E-state index in [1.165, 1.54) is 0 Å². The summed E-state index contributed by atoms with van der Waals surface area (Å²) in [5.41, 5.74) is 0.319. The van der Waals surface area contributed by atoms with Crippen LogP contribution in [-0.4, -0.2) is 12.5 Å². The van der Waals surface area contributed by atoms with E-state index in [0.29, 0.717) is 17.3 Å². The largest absolute Gasteiger partial charge is 0.375 e. The molecule has 0 radical (unpaired) electrons. The fourth-order valence-electron chi connectivity index (χ4n) is 1.73. The lowest BCUT2D eigenvalue weighted by atomic mass is 10.2. The van der Waals surface area contributed by atoms with Gasteiger partial charge in [0.1, 0.15) is 6.07 Å². The molecule has 1 amide bonds. The van der Waals surface area contributed by atoms with Crippen LogP contribution in [0.15, 0.2) is 36.4 Å². The molecule has 2 rings (SSSR count). The molecule has 0 aliphatic heterocycles. The van der Waals surface area contributed by atoms with E-state index in [9.17, 15) is 18.0 Å². The first-order valence-corrected chi connectivity index (χ1v) is 6.19. The summed E-state index contributed by atoms with van der Waals surface area (Å²) in [5.74, 6) is -5.12. The van der Waals surface area contributed by atoms with Crippen molar-refractivity contribution < 1.29 is 18.0 Å². The van der Waals surface area contributed by atoms with Crippen LogP contribution in [0.25, 0.3) is 0 Å². The molecular formula is C15H10F3N3O. The number of carbonyl (C=O) groups excluding carboxylic acids is 1. The maximum Gasteiger partial charge on any atom is 0.243 e. The first kappa shape index (κ1) is 15.4. The Hall–Kier alpha value is -3.01. The number of hydrogen-bond donors (Lipinski definition) is 2. The number of nitrogens with zero attached hydrogens (tertiary/aromatic N) is 1. The Morgan fingerprint density at radius 3 is 2.50 bits per heavy atom. The van der Waals surface area contributed by atoms with Gasteiger partial charge in [0.2, 0.25) is 5.91 Å².